The molecule has 1 aromatic carbocycles. The van der Waals surface area contributed by atoms with Crippen LogP contribution in [0.2, 0.25) is 0 Å². The third-order valence-corrected chi connectivity index (χ3v) is 4.18. The summed E-state index contributed by atoms with van der Waals surface area (Å²) in [5, 5.41) is 31.9. The van der Waals surface area contributed by atoms with Gasteiger partial charge in [-0.3, -0.25) is 0 Å². The summed E-state index contributed by atoms with van der Waals surface area (Å²) in [5.41, 5.74) is 0.609. The third-order valence-electron chi connectivity index (χ3n) is 4.18. The van der Waals surface area contributed by atoms with Gasteiger partial charge in [0.2, 0.25) is 5.75 Å². The first-order valence-electron chi connectivity index (χ1n) is 7.05. The first-order valence-corrected chi connectivity index (χ1v) is 7.05. The summed E-state index contributed by atoms with van der Waals surface area (Å²) in [4.78, 5) is 0. The number of nitrogens with one attached hydrogen (secondary N) is 1. The molecule has 0 bridgehead atoms. The van der Waals surface area contributed by atoms with Crippen molar-refractivity contribution in [1.82, 2.24) is 5.32 Å². The molecular weight excluding hydrogens is 242 g/mol. The van der Waals surface area contributed by atoms with E-state index in [9.17, 15) is 15.3 Å². The number of benzene rings is 1. The third kappa shape index (κ3) is 3.32. The summed E-state index contributed by atoms with van der Waals surface area (Å²) in [6.07, 6.45) is 6.49. The Bertz CT molecular complexity index is 428. The summed E-state index contributed by atoms with van der Waals surface area (Å²) in [5.74, 6) is -0.267. The Hall–Kier alpha value is -1.42. The first-order chi connectivity index (χ1) is 9.09. The van der Waals surface area contributed by atoms with Crippen LogP contribution in [-0.4, -0.2) is 21.4 Å². The van der Waals surface area contributed by atoms with Crippen LogP contribution in [0, 0.1) is 5.92 Å². The molecule has 1 unspecified atom stereocenters. The van der Waals surface area contributed by atoms with Crippen molar-refractivity contribution in [3.8, 4) is 17.2 Å². The van der Waals surface area contributed by atoms with Crippen LogP contribution in [0.1, 0.15) is 44.6 Å². The fourth-order valence-corrected chi connectivity index (χ4v) is 2.83. The van der Waals surface area contributed by atoms with E-state index < -0.39 is 5.75 Å². The highest BCUT2D eigenvalue weighted by molar-refractivity contribution is 5.52. The summed E-state index contributed by atoms with van der Waals surface area (Å²) in [7, 11) is 0. The maximum absolute atomic E-state index is 9.75. The lowest BCUT2D eigenvalue weighted by Gasteiger charge is -2.28. The van der Waals surface area contributed by atoms with Gasteiger partial charge in [-0.15, -0.1) is 0 Å². The summed E-state index contributed by atoms with van der Waals surface area (Å²) >= 11 is 0. The van der Waals surface area contributed by atoms with Crippen LogP contribution in [0.15, 0.2) is 12.1 Å². The molecule has 1 fully saturated rings. The van der Waals surface area contributed by atoms with E-state index in [0.717, 1.165) is 0 Å². The molecule has 4 heteroatoms. The minimum Gasteiger partial charge on any atom is -0.504 e. The molecule has 0 heterocycles. The fourth-order valence-electron chi connectivity index (χ4n) is 2.83. The van der Waals surface area contributed by atoms with Crippen molar-refractivity contribution in [3.05, 3.63) is 17.7 Å². The number of rotatable bonds is 4. The van der Waals surface area contributed by atoms with Crippen molar-refractivity contribution in [2.24, 2.45) is 5.92 Å². The van der Waals surface area contributed by atoms with Crippen LogP contribution in [0.3, 0.4) is 0 Å². The molecule has 0 amide bonds. The van der Waals surface area contributed by atoms with Crippen molar-refractivity contribution in [2.75, 3.05) is 0 Å². The second-order valence-corrected chi connectivity index (χ2v) is 5.51. The van der Waals surface area contributed by atoms with Crippen LogP contribution >= 0.6 is 0 Å². The zero-order valence-corrected chi connectivity index (χ0v) is 11.4. The van der Waals surface area contributed by atoms with E-state index in [1.54, 1.807) is 6.07 Å². The van der Waals surface area contributed by atoms with Gasteiger partial charge in [-0.1, -0.05) is 25.3 Å². The Morgan fingerprint density at radius 1 is 1.11 bits per heavy atom. The SMILES string of the molecule is CC(NCc1ccc(O)c(O)c1O)C1CCCCC1. The van der Waals surface area contributed by atoms with E-state index in [4.69, 9.17) is 0 Å². The van der Waals surface area contributed by atoms with Crippen LogP contribution in [0.4, 0.5) is 0 Å². The lowest BCUT2D eigenvalue weighted by molar-refractivity contribution is 0.279. The summed E-state index contributed by atoms with van der Waals surface area (Å²) in [6.45, 7) is 2.67. The van der Waals surface area contributed by atoms with Crippen molar-refractivity contribution in [3.63, 3.8) is 0 Å². The van der Waals surface area contributed by atoms with Crippen molar-refractivity contribution >= 4 is 0 Å². The zero-order chi connectivity index (χ0) is 13.8. The van der Waals surface area contributed by atoms with Gasteiger partial charge in [0.25, 0.3) is 0 Å². The van der Waals surface area contributed by atoms with Gasteiger partial charge < -0.3 is 20.6 Å². The van der Waals surface area contributed by atoms with Crippen molar-refractivity contribution in [2.45, 2.75) is 51.6 Å². The topological polar surface area (TPSA) is 72.7 Å². The molecule has 0 spiro atoms. The standard InChI is InChI=1S/C15H23NO3/c1-10(11-5-3-2-4-6-11)16-9-12-7-8-13(17)15(19)14(12)18/h7-8,10-11,16-19H,2-6,9H2,1H3. The normalized spacial score (nSPS) is 18.4. The monoisotopic (exact) mass is 265 g/mol. The van der Waals surface area contributed by atoms with Gasteiger partial charge >= 0.3 is 0 Å². The predicted molar refractivity (Wildman–Crippen MR) is 74.3 cm³/mol. The Balaban J connectivity index is 1.93. The van der Waals surface area contributed by atoms with Crippen LogP contribution < -0.4 is 5.32 Å². The summed E-state index contributed by atoms with van der Waals surface area (Å²) < 4.78 is 0. The molecule has 1 atom stereocenters. The van der Waals surface area contributed by atoms with Gasteiger partial charge in [-0.25, -0.2) is 0 Å². The molecule has 1 aliphatic rings. The number of hydrogen-bond donors (Lipinski definition) is 4. The van der Waals surface area contributed by atoms with Crippen molar-refractivity contribution < 1.29 is 15.3 Å². The van der Waals surface area contributed by atoms with E-state index in [1.165, 1.54) is 38.2 Å². The Morgan fingerprint density at radius 2 is 1.79 bits per heavy atom. The van der Waals surface area contributed by atoms with E-state index in [1.807, 2.05) is 0 Å². The minimum atomic E-state index is -0.440. The molecule has 2 rings (SSSR count). The van der Waals surface area contributed by atoms with Crippen LogP contribution in [0.5, 0.6) is 17.2 Å². The molecule has 4 N–H and O–H groups in total. The highest BCUT2D eigenvalue weighted by atomic mass is 16.3. The first kappa shape index (κ1) is 14.0. The molecule has 19 heavy (non-hydrogen) atoms. The fraction of sp³-hybridized carbons (Fsp3) is 0.600. The molecule has 4 nitrogen and oxygen atoms in total. The van der Waals surface area contributed by atoms with E-state index in [-0.39, 0.29) is 11.5 Å². The molecular formula is C15H23NO3. The molecule has 106 valence electrons. The van der Waals surface area contributed by atoms with E-state index >= 15 is 0 Å². The van der Waals surface area contributed by atoms with Gasteiger partial charge in [-0.05, 0) is 31.7 Å². The van der Waals surface area contributed by atoms with Crippen LogP contribution in [-0.2, 0) is 6.54 Å². The Morgan fingerprint density at radius 3 is 2.47 bits per heavy atom. The van der Waals surface area contributed by atoms with E-state index in [2.05, 4.69) is 12.2 Å². The molecule has 0 radical (unpaired) electrons. The number of phenols is 3. The number of phenolic OH excluding ortho intramolecular Hbond substituents is 3. The average molecular weight is 265 g/mol. The number of hydrogen-bond acceptors (Lipinski definition) is 4. The quantitative estimate of drug-likeness (QED) is 0.632. The Kier molecular flexibility index (Phi) is 4.53. The van der Waals surface area contributed by atoms with Gasteiger partial charge in [0.1, 0.15) is 0 Å². The highest BCUT2D eigenvalue weighted by Gasteiger charge is 2.20. The largest absolute Gasteiger partial charge is 0.504 e. The minimum absolute atomic E-state index is 0.233. The smallest absolute Gasteiger partial charge is 0.200 e. The molecule has 1 aliphatic carbocycles. The van der Waals surface area contributed by atoms with E-state index in [0.29, 0.717) is 24.1 Å². The number of aromatic hydroxyl groups is 3. The van der Waals surface area contributed by atoms with Gasteiger partial charge in [0.15, 0.2) is 11.5 Å². The molecule has 1 saturated carbocycles. The zero-order valence-electron chi connectivity index (χ0n) is 11.4. The van der Waals surface area contributed by atoms with Crippen molar-refractivity contribution in [1.29, 1.82) is 0 Å². The van der Waals surface area contributed by atoms with Gasteiger partial charge in [0.05, 0.1) is 0 Å². The lowest BCUT2D eigenvalue weighted by Crippen LogP contribution is -2.34. The highest BCUT2D eigenvalue weighted by Crippen LogP contribution is 2.37. The summed E-state index contributed by atoms with van der Waals surface area (Å²) in [6, 6.07) is 3.43. The second-order valence-electron chi connectivity index (χ2n) is 5.51. The lowest BCUT2D eigenvalue weighted by atomic mass is 9.84. The Labute approximate surface area is 114 Å². The average Bonchev–Trinajstić information content (AvgIpc) is 2.45. The van der Waals surface area contributed by atoms with Gasteiger partial charge in [0, 0.05) is 18.2 Å². The molecule has 0 saturated heterocycles. The molecule has 1 aromatic rings. The second kappa shape index (κ2) is 6.15. The van der Waals surface area contributed by atoms with Crippen LogP contribution in [0.25, 0.3) is 0 Å². The molecule has 0 aromatic heterocycles. The van der Waals surface area contributed by atoms with Gasteiger partial charge in [-0.2, -0.15) is 0 Å². The maximum Gasteiger partial charge on any atom is 0.200 e. The molecule has 0 aliphatic heterocycles. The predicted octanol–water partition coefficient (Wildman–Crippen LogP) is 2.86. The maximum atomic E-state index is 9.75.